The predicted octanol–water partition coefficient (Wildman–Crippen LogP) is 3.72. The van der Waals surface area contributed by atoms with Crippen molar-refractivity contribution in [2.45, 2.75) is 37.3 Å². The van der Waals surface area contributed by atoms with E-state index in [1.807, 2.05) is 0 Å². The Morgan fingerprint density at radius 1 is 1.03 bits per heavy atom. The van der Waals surface area contributed by atoms with E-state index in [2.05, 4.69) is 4.90 Å². The molecule has 0 spiro atoms. The van der Waals surface area contributed by atoms with Gasteiger partial charge in [-0.25, -0.2) is 12.8 Å². The zero-order valence-electron chi connectivity index (χ0n) is 18.6. The lowest BCUT2D eigenvalue weighted by Gasteiger charge is -2.34. The van der Waals surface area contributed by atoms with Gasteiger partial charge in [0.05, 0.1) is 16.9 Å². The number of carboxylic acid groups (broad SMARTS) is 1. The smallest absolute Gasteiger partial charge is 0.419 e. The molecule has 0 radical (unpaired) electrons. The van der Waals surface area contributed by atoms with Crippen LogP contribution in [0.15, 0.2) is 41.3 Å². The van der Waals surface area contributed by atoms with Gasteiger partial charge in [0.1, 0.15) is 5.82 Å². The summed E-state index contributed by atoms with van der Waals surface area (Å²) in [5.74, 6) is -2.33. The van der Waals surface area contributed by atoms with Gasteiger partial charge in [-0.15, -0.1) is 0 Å². The Morgan fingerprint density at radius 2 is 1.71 bits per heavy atom. The van der Waals surface area contributed by atoms with E-state index in [4.69, 9.17) is 5.11 Å². The maximum atomic E-state index is 13.7. The van der Waals surface area contributed by atoms with E-state index in [9.17, 15) is 30.8 Å². The number of hydrogen-bond acceptors (Lipinski definition) is 4. The van der Waals surface area contributed by atoms with Crippen LogP contribution in [0.2, 0.25) is 0 Å². The van der Waals surface area contributed by atoms with E-state index < -0.39 is 33.5 Å². The van der Waals surface area contributed by atoms with Crippen LogP contribution in [0.1, 0.15) is 28.7 Å². The van der Waals surface area contributed by atoms with Gasteiger partial charge in [0, 0.05) is 26.2 Å². The third-order valence-electron chi connectivity index (χ3n) is 5.71. The number of carboxylic acids is 1. The van der Waals surface area contributed by atoms with Crippen LogP contribution in [0.25, 0.3) is 0 Å². The Bertz CT molecular complexity index is 1140. The first kappa shape index (κ1) is 26.1. The van der Waals surface area contributed by atoms with Crippen LogP contribution in [0.5, 0.6) is 0 Å². The fourth-order valence-electron chi connectivity index (χ4n) is 4.04. The molecule has 6 nitrogen and oxygen atoms in total. The van der Waals surface area contributed by atoms with Crippen LogP contribution in [-0.2, 0) is 33.8 Å². The lowest BCUT2D eigenvalue weighted by molar-refractivity contribution is -0.140. The van der Waals surface area contributed by atoms with E-state index in [0.717, 1.165) is 12.1 Å². The Kier molecular flexibility index (Phi) is 7.99. The molecule has 0 aliphatic carbocycles. The highest BCUT2D eigenvalue weighted by atomic mass is 32.2. The van der Waals surface area contributed by atoms with E-state index >= 15 is 0 Å². The molecule has 0 saturated carbocycles. The van der Waals surface area contributed by atoms with Crippen molar-refractivity contribution in [1.29, 1.82) is 0 Å². The van der Waals surface area contributed by atoms with Gasteiger partial charge in [-0.3, -0.25) is 4.79 Å². The number of rotatable bonds is 8. The predicted molar refractivity (Wildman–Crippen MR) is 117 cm³/mol. The maximum absolute atomic E-state index is 13.7. The first-order valence-electron chi connectivity index (χ1n) is 10.8. The third kappa shape index (κ3) is 6.55. The van der Waals surface area contributed by atoms with Gasteiger partial charge >= 0.3 is 12.1 Å². The minimum absolute atomic E-state index is 0.0709. The number of piperazine rings is 1. The Labute approximate surface area is 195 Å². The molecule has 0 atom stereocenters. The molecule has 1 heterocycles. The highest BCUT2D eigenvalue weighted by Gasteiger charge is 2.34. The minimum Gasteiger partial charge on any atom is -0.481 e. The second-order valence-corrected chi connectivity index (χ2v) is 10.3. The summed E-state index contributed by atoms with van der Waals surface area (Å²) in [7, 11) is -3.77. The van der Waals surface area contributed by atoms with Crippen molar-refractivity contribution >= 4 is 16.0 Å². The van der Waals surface area contributed by atoms with Crippen molar-refractivity contribution in [3.63, 3.8) is 0 Å². The molecule has 186 valence electrons. The number of hydrogen-bond donors (Lipinski definition) is 1. The van der Waals surface area contributed by atoms with Crippen molar-refractivity contribution in [2.24, 2.45) is 0 Å². The largest absolute Gasteiger partial charge is 0.481 e. The van der Waals surface area contributed by atoms with Crippen LogP contribution in [0.4, 0.5) is 17.6 Å². The number of sulfonamides is 1. The highest BCUT2D eigenvalue weighted by Crippen LogP contribution is 2.31. The van der Waals surface area contributed by atoms with E-state index in [1.165, 1.54) is 22.5 Å². The molecule has 0 amide bonds. The first-order chi connectivity index (χ1) is 15.9. The molecule has 11 heteroatoms. The summed E-state index contributed by atoms with van der Waals surface area (Å²) < 4.78 is 79.2. The second-order valence-electron chi connectivity index (χ2n) is 8.39. The standard InChI is InChI=1S/C23H26F4N2O4S/c1-16-11-18(15-22(30)31)13-19(12-16)34(32,33)29-9-7-28(8-10-29)6-2-3-17-4-5-20(21(24)14-17)23(25,26)27/h4-5,11-14H,2-3,6-10,15H2,1H3,(H,30,31). The monoisotopic (exact) mass is 502 g/mol. The van der Waals surface area contributed by atoms with Gasteiger partial charge in [0.15, 0.2) is 0 Å². The van der Waals surface area contributed by atoms with Crippen molar-refractivity contribution in [2.75, 3.05) is 32.7 Å². The molecule has 2 aromatic carbocycles. The van der Waals surface area contributed by atoms with E-state index in [1.54, 1.807) is 13.0 Å². The van der Waals surface area contributed by atoms with Crippen molar-refractivity contribution in [3.8, 4) is 0 Å². The lowest BCUT2D eigenvalue weighted by Crippen LogP contribution is -2.48. The van der Waals surface area contributed by atoms with Gasteiger partial charge in [-0.2, -0.15) is 17.5 Å². The van der Waals surface area contributed by atoms with Crippen LogP contribution < -0.4 is 0 Å². The normalized spacial score (nSPS) is 16.0. The molecule has 1 aliphatic rings. The lowest BCUT2D eigenvalue weighted by atomic mass is 10.1. The molecule has 1 N–H and O–H groups in total. The summed E-state index contributed by atoms with van der Waals surface area (Å²) in [6.45, 7) is 3.80. The number of nitrogens with zero attached hydrogens (tertiary/aromatic N) is 2. The molecule has 1 fully saturated rings. The number of aryl methyl sites for hydroxylation is 2. The van der Waals surface area contributed by atoms with Gasteiger partial charge in [-0.1, -0.05) is 12.1 Å². The summed E-state index contributed by atoms with van der Waals surface area (Å²) in [6, 6.07) is 7.50. The number of aliphatic carboxylic acids is 1. The minimum atomic E-state index is -4.72. The van der Waals surface area contributed by atoms with E-state index in [0.29, 0.717) is 49.2 Å². The number of alkyl halides is 3. The van der Waals surface area contributed by atoms with Gasteiger partial charge in [0.2, 0.25) is 10.0 Å². The number of carbonyl (C=O) groups is 1. The summed E-state index contributed by atoms with van der Waals surface area (Å²) >= 11 is 0. The Balaban J connectivity index is 1.54. The Morgan fingerprint density at radius 3 is 2.29 bits per heavy atom. The van der Waals surface area contributed by atoms with Crippen LogP contribution in [0.3, 0.4) is 0 Å². The van der Waals surface area contributed by atoms with Crippen molar-refractivity contribution in [3.05, 3.63) is 64.5 Å². The van der Waals surface area contributed by atoms with Gasteiger partial charge in [0.25, 0.3) is 0 Å². The van der Waals surface area contributed by atoms with Crippen molar-refractivity contribution < 1.29 is 35.9 Å². The molecule has 1 saturated heterocycles. The van der Waals surface area contributed by atoms with Crippen LogP contribution >= 0.6 is 0 Å². The quantitative estimate of drug-likeness (QED) is 0.557. The SMILES string of the molecule is Cc1cc(CC(=O)O)cc(S(=O)(=O)N2CCN(CCCc3ccc(C(F)(F)F)c(F)c3)CC2)c1. The summed E-state index contributed by atoms with van der Waals surface area (Å²) in [6.07, 6.45) is -3.99. The Hall–Kier alpha value is -2.50. The summed E-state index contributed by atoms with van der Waals surface area (Å²) in [4.78, 5) is 13.1. The average Bonchev–Trinajstić information content (AvgIpc) is 2.72. The van der Waals surface area contributed by atoms with Crippen molar-refractivity contribution in [1.82, 2.24) is 9.21 Å². The molecule has 2 aromatic rings. The molecule has 3 rings (SSSR count). The van der Waals surface area contributed by atoms with Crippen LogP contribution in [-0.4, -0.2) is 61.4 Å². The van der Waals surface area contributed by atoms with Crippen LogP contribution in [0, 0.1) is 12.7 Å². The topological polar surface area (TPSA) is 77.9 Å². The highest BCUT2D eigenvalue weighted by molar-refractivity contribution is 7.89. The molecular formula is C23H26F4N2O4S. The van der Waals surface area contributed by atoms with Gasteiger partial charge in [-0.05, 0) is 67.3 Å². The molecule has 0 aromatic heterocycles. The number of halogens is 4. The maximum Gasteiger partial charge on any atom is 0.419 e. The molecule has 34 heavy (non-hydrogen) atoms. The van der Waals surface area contributed by atoms with Gasteiger partial charge < -0.3 is 10.0 Å². The summed E-state index contributed by atoms with van der Waals surface area (Å²) in [5.41, 5.74) is 0.278. The summed E-state index contributed by atoms with van der Waals surface area (Å²) in [5, 5.41) is 9.00. The first-order valence-corrected chi connectivity index (χ1v) is 12.2. The molecule has 0 bridgehead atoms. The van der Waals surface area contributed by atoms with E-state index in [-0.39, 0.29) is 24.4 Å². The fourth-order valence-corrected chi connectivity index (χ4v) is 5.62. The number of benzene rings is 2. The fraction of sp³-hybridized carbons (Fsp3) is 0.435. The second kappa shape index (κ2) is 10.4. The zero-order chi connectivity index (χ0) is 25.1. The zero-order valence-corrected chi connectivity index (χ0v) is 19.4. The molecule has 1 aliphatic heterocycles. The molecule has 0 unspecified atom stereocenters. The molecular weight excluding hydrogens is 476 g/mol. The third-order valence-corrected chi connectivity index (χ3v) is 7.59. The average molecular weight is 503 g/mol.